The van der Waals surface area contributed by atoms with Crippen molar-refractivity contribution in [3.63, 3.8) is 0 Å². The molecule has 2 aromatic carbocycles. The van der Waals surface area contributed by atoms with Crippen LogP contribution in [0.2, 0.25) is 0 Å². The van der Waals surface area contributed by atoms with Gasteiger partial charge in [0.15, 0.2) is 0 Å². The number of hydrogen-bond donors (Lipinski definition) is 1. The second kappa shape index (κ2) is 5.84. The molecule has 1 aromatic heterocycles. The number of nitrogens with two attached hydrogens (primary N) is 1. The third-order valence-corrected chi connectivity index (χ3v) is 3.82. The van der Waals surface area contributed by atoms with Gasteiger partial charge in [0.25, 0.3) is 0 Å². The van der Waals surface area contributed by atoms with Crippen LogP contribution < -0.4 is 10.5 Å². The molecule has 0 aliphatic carbocycles. The molecule has 0 atom stereocenters. The molecule has 0 aliphatic heterocycles. The Labute approximate surface area is 131 Å². The third-order valence-electron chi connectivity index (χ3n) is 3.32. The summed E-state index contributed by atoms with van der Waals surface area (Å²) in [5.41, 5.74) is 7.61. The van der Waals surface area contributed by atoms with E-state index in [9.17, 15) is 0 Å². The van der Waals surface area contributed by atoms with Crippen LogP contribution in [0.3, 0.4) is 0 Å². The van der Waals surface area contributed by atoms with Crippen molar-refractivity contribution < 1.29 is 4.74 Å². The second-order valence-corrected chi connectivity index (χ2v) is 5.77. The van der Waals surface area contributed by atoms with Crippen molar-refractivity contribution >= 4 is 26.7 Å². The number of hydrogen-bond acceptors (Lipinski definition) is 3. The Morgan fingerprint density at radius 2 is 1.95 bits per heavy atom. The summed E-state index contributed by atoms with van der Waals surface area (Å²) >= 11 is 3.47. The highest BCUT2D eigenvalue weighted by Crippen LogP contribution is 2.32. The fourth-order valence-corrected chi connectivity index (χ4v) is 2.53. The highest BCUT2D eigenvalue weighted by molar-refractivity contribution is 9.10. The Kier molecular flexibility index (Phi) is 3.90. The van der Waals surface area contributed by atoms with E-state index >= 15 is 0 Å². The first-order valence-electron chi connectivity index (χ1n) is 6.70. The summed E-state index contributed by atoms with van der Waals surface area (Å²) in [6, 6.07) is 16.0. The molecule has 3 aromatic rings. The lowest BCUT2D eigenvalue weighted by Gasteiger charge is -2.12. The first kappa shape index (κ1) is 14.0. The lowest BCUT2D eigenvalue weighted by atomic mass is 10.1. The molecule has 0 bridgehead atoms. The fourth-order valence-electron chi connectivity index (χ4n) is 2.19. The summed E-state index contributed by atoms with van der Waals surface area (Å²) < 4.78 is 7.02. The van der Waals surface area contributed by atoms with Gasteiger partial charge in [0.05, 0.1) is 5.69 Å². The average Bonchev–Trinajstić information content (AvgIpc) is 2.50. The minimum absolute atomic E-state index is 0.388. The molecule has 0 amide bonds. The van der Waals surface area contributed by atoms with Crippen LogP contribution in [0.25, 0.3) is 10.8 Å². The standard InChI is InChI=1S/C17H15BrN2O/c1-11-6-7-13(18)9-16(11)21-17-15-5-3-2-4-12(15)8-14(10-19)20-17/h2-9H,10,19H2,1H3. The van der Waals surface area contributed by atoms with E-state index < -0.39 is 0 Å². The van der Waals surface area contributed by atoms with Gasteiger partial charge >= 0.3 is 0 Å². The molecule has 3 nitrogen and oxygen atoms in total. The SMILES string of the molecule is Cc1ccc(Br)cc1Oc1nc(CN)cc2ccccc12. The first-order valence-corrected chi connectivity index (χ1v) is 7.49. The number of pyridine rings is 1. The number of benzene rings is 2. The molecule has 4 heteroatoms. The van der Waals surface area contributed by atoms with Gasteiger partial charge in [0.1, 0.15) is 5.75 Å². The molecule has 0 unspecified atom stereocenters. The molecule has 0 saturated carbocycles. The van der Waals surface area contributed by atoms with Gasteiger partial charge in [0, 0.05) is 16.4 Å². The molecular formula is C17H15BrN2O. The molecule has 106 valence electrons. The Morgan fingerprint density at radius 3 is 2.76 bits per heavy atom. The van der Waals surface area contributed by atoms with Crippen molar-refractivity contribution in [3.8, 4) is 11.6 Å². The van der Waals surface area contributed by atoms with E-state index in [-0.39, 0.29) is 0 Å². The zero-order valence-corrected chi connectivity index (χ0v) is 13.2. The summed E-state index contributed by atoms with van der Waals surface area (Å²) in [5, 5.41) is 2.06. The molecule has 0 spiro atoms. The van der Waals surface area contributed by atoms with Crippen molar-refractivity contribution in [2.75, 3.05) is 0 Å². The first-order chi connectivity index (χ1) is 10.2. The maximum Gasteiger partial charge on any atom is 0.227 e. The predicted octanol–water partition coefficient (Wildman–Crippen LogP) is 4.56. The normalized spacial score (nSPS) is 10.8. The van der Waals surface area contributed by atoms with Crippen LogP contribution in [0.1, 0.15) is 11.3 Å². The van der Waals surface area contributed by atoms with Crippen molar-refractivity contribution in [1.29, 1.82) is 0 Å². The Morgan fingerprint density at radius 1 is 1.14 bits per heavy atom. The van der Waals surface area contributed by atoms with Gasteiger partial charge in [-0.2, -0.15) is 0 Å². The number of aromatic nitrogens is 1. The number of aryl methyl sites for hydroxylation is 1. The Hall–Kier alpha value is -1.91. The van der Waals surface area contributed by atoms with Crippen LogP contribution in [0, 0.1) is 6.92 Å². The molecular weight excluding hydrogens is 328 g/mol. The van der Waals surface area contributed by atoms with Gasteiger partial charge in [-0.05, 0) is 42.1 Å². The van der Waals surface area contributed by atoms with E-state index in [0.717, 1.165) is 32.3 Å². The maximum atomic E-state index is 6.05. The van der Waals surface area contributed by atoms with Crippen molar-refractivity contribution in [1.82, 2.24) is 4.98 Å². The summed E-state index contributed by atoms with van der Waals surface area (Å²) in [6.45, 7) is 2.40. The molecule has 21 heavy (non-hydrogen) atoms. The maximum absolute atomic E-state index is 6.05. The number of ether oxygens (including phenoxy) is 1. The summed E-state index contributed by atoms with van der Waals surface area (Å²) in [6.07, 6.45) is 0. The van der Waals surface area contributed by atoms with Crippen molar-refractivity contribution in [3.05, 3.63) is 64.3 Å². The van der Waals surface area contributed by atoms with E-state index in [1.165, 1.54) is 0 Å². The molecule has 2 N–H and O–H groups in total. The van der Waals surface area contributed by atoms with Crippen molar-refractivity contribution in [2.45, 2.75) is 13.5 Å². The van der Waals surface area contributed by atoms with Gasteiger partial charge in [-0.25, -0.2) is 4.98 Å². The summed E-state index contributed by atoms with van der Waals surface area (Å²) in [4.78, 5) is 4.52. The molecule has 3 rings (SSSR count). The van der Waals surface area contributed by atoms with Gasteiger partial charge in [0.2, 0.25) is 5.88 Å². The highest BCUT2D eigenvalue weighted by atomic mass is 79.9. The summed E-state index contributed by atoms with van der Waals surface area (Å²) in [7, 11) is 0. The lowest BCUT2D eigenvalue weighted by molar-refractivity contribution is 0.463. The monoisotopic (exact) mass is 342 g/mol. The van der Waals surface area contributed by atoms with E-state index in [4.69, 9.17) is 10.5 Å². The predicted molar refractivity (Wildman–Crippen MR) is 88.6 cm³/mol. The smallest absolute Gasteiger partial charge is 0.227 e. The zero-order valence-electron chi connectivity index (χ0n) is 11.6. The minimum Gasteiger partial charge on any atom is -0.438 e. The van der Waals surface area contributed by atoms with E-state index in [0.29, 0.717) is 12.4 Å². The van der Waals surface area contributed by atoms with Crippen LogP contribution in [0.4, 0.5) is 0 Å². The van der Waals surface area contributed by atoms with E-state index in [1.807, 2.05) is 55.5 Å². The van der Waals surface area contributed by atoms with Crippen LogP contribution in [0.15, 0.2) is 53.0 Å². The fraction of sp³-hybridized carbons (Fsp3) is 0.118. The third kappa shape index (κ3) is 2.91. The molecule has 0 fully saturated rings. The number of halogens is 1. The molecule has 0 saturated heterocycles. The molecule has 1 heterocycles. The lowest BCUT2D eigenvalue weighted by Crippen LogP contribution is -2.01. The van der Waals surface area contributed by atoms with Crippen LogP contribution in [-0.4, -0.2) is 4.98 Å². The number of rotatable bonds is 3. The molecule has 0 aliphatic rings. The van der Waals surface area contributed by atoms with Crippen LogP contribution >= 0.6 is 15.9 Å². The van der Waals surface area contributed by atoms with Crippen molar-refractivity contribution in [2.24, 2.45) is 5.73 Å². The van der Waals surface area contributed by atoms with Crippen LogP contribution in [0.5, 0.6) is 11.6 Å². The molecule has 0 radical (unpaired) electrons. The largest absolute Gasteiger partial charge is 0.438 e. The summed E-state index contributed by atoms with van der Waals surface area (Å²) in [5.74, 6) is 1.38. The second-order valence-electron chi connectivity index (χ2n) is 4.86. The van der Waals surface area contributed by atoms with Gasteiger partial charge in [-0.15, -0.1) is 0 Å². The quantitative estimate of drug-likeness (QED) is 0.759. The Balaban J connectivity index is 2.13. The van der Waals surface area contributed by atoms with E-state index in [2.05, 4.69) is 20.9 Å². The van der Waals surface area contributed by atoms with Gasteiger partial charge in [-0.1, -0.05) is 40.2 Å². The average molecular weight is 343 g/mol. The van der Waals surface area contributed by atoms with Gasteiger partial charge < -0.3 is 10.5 Å². The van der Waals surface area contributed by atoms with E-state index in [1.54, 1.807) is 0 Å². The van der Waals surface area contributed by atoms with Gasteiger partial charge in [-0.3, -0.25) is 0 Å². The minimum atomic E-state index is 0.388. The Bertz CT molecular complexity index is 802. The number of fused-ring (bicyclic) bond motifs is 1. The highest BCUT2D eigenvalue weighted by Gasteiger charge is 2.09. The van der Waals surface area contributed by atoms with Crippen LogP contribution in [-0.2, 0) is 6.54 Å². The number of nitrogens with zero attached hydrogens (tertiary/aromatic N) is 1. The topological polar surface area (TPSA) is 48.1 Å². The zero-order chi connectivity index (χ0) is 14.8.